The summed E-state index contributed by atoms with van der Waals surface area (Å²) in [5, 5.41) is 3.46. The quantitative estimate of drug-likeness (QED) is 0.772. The molecule has 2 aromatic carbocycles. The van der Waals surface area contributed by atoms with Gasteiger partial charge in [-0.1, -0.05) is 36.2 Å². The smallest absolute Gasteiger partial charge is 0.243 e. The average molecular weight is 421 g/mol. The lowest BCUT2D eigenvalue weighted by molar-refractivity contribution is -0.117. The second-order valence-electron chi connectivity index (χ2n) is 7.24. The van der Waals surface area contributed by atoms with Gasteiger partial charge in [-0.15, -0.1) is 0 Å². The van der Waals surface area contributed by atoms with Gasteiger partial charge >= 0.3 is 0 Å². The van der Waals surface area contributed by atoms with E-state index in [0.717, 1.165) is 29.7 Å². The van der Waals surface area contributed by atoms with E-state index in [1.54, 1.807) is 12.1 Å². The maximum absolute atomic E-state index is 13.1. The number of hydrogen-bond acceptors (Lipinski definition) is 3. The van der Waals surface area contributed by atoms with Crippen molar-refractivity contribution in [3.63, 3.8) is 0 Å². The van der Waals surface area contributed by atoms with Gasteiger partial charge in [0.1, 0.15) is 0 Å². The highest BCUT2D eigenvalue weighted by atomic mass is 35.5. The molecule has 7 heteroatoms. The van der Waals surface area contributed by atoms with Crippen LogP contribution in [0.25, 0.3) is 0 Å². The minimum Gasteiger partial charge on any atom is -0.326 e. The Morgan fingerprint density at radius 2 is 1.75 bits per heavy atom. The van der Waals surface area contributed by atoms with Crippen molar-refractivity contribution in [2.75, 3.05) is 11.9 Å². The number of hydrogen-bond donors (Lipinski definition) is 1. The molecule has 1 N–H and O–H groups in total. The van der Waals surface area contributed by atoms with Gasteiger partial charge in [0.05, 0.1) is 4.90 Å². The molecular weight excluding hydrogens is 396 g/mol. The maximum atomic E-state index is 13.1. The highest BCUT2D eigenvalue weighted by molar-refractivity contribution is 7.89. The molecule has 0 saturated carbocycles. The van der Waals surface area contributed by atoms with Gasteiger partial charge in [-0.3, -0.25) is 4.79 Å². The van der Waals surface area contributed by atoms with Crippen molar-refractivity contribution < 1.29 is 13.2 Å². The predicted molar refractivity (Wildman–Crippen MR) is 112 cm³/mol. The Kier molecular flexibility index (Phi) is 6.43. The number of rotatable bonds is 5. The summed E-state index contributed by atoms with van der Waals surface area (Å²) in [5.41, 5.74) is 2.78. The summed E-state index contributed by atoms with van der Waals surface area (Å²) < 4.78 is 27.7. The number of nitrogens with one attached hydrogen (secondary N) is 1. The molecule has 1 aliphatic heterocycles. The number of piperidine rings is 1. The average Bonchev–Trinajstić information content (AvgIpc) is 2.65. The van der Waals surface area contributed by atoms with Crippen molar-refractivity contribution >= 4 is 33.2 Å². The van der Waals surface area contributed by atoms with Gasteiger partial charge in [-0.2, -0.15) is 4.31 Å². The lowest BCUT2D eigenvalue weighted by Gasteiger charge is -2.34. The second kappa shape index (κ2) is 8.64. The number of carbonyl (C=O) groups is 1. The highest BCUT2D eigenvalue weighted by Crippen LogP contribution is 2.28. The van der Waals surface area contributed by atoms with Crippen molar-refractivity contribution in [2.45, 2.75) is 50.5 Å². The third-order valence-corrected chi connectivity index (χ3v) is 7.38. The molecule has 3 rings (SSSR count). The van der Waals surface area contributed by atoms with E-state index in [9.17, 15) is 13.2 Å². The number of nitrogens with zero attached hydrogens (tertiary/aromatic N) is 1. The number of para-hydroxylation sites is 1. The lowest BCUT2D eigenvalue weighted by atomic mass is 10.0. The Hall–Kier alpha value is -1.89. The van der Waals surface area contributed by atoms with Gasteiger partial charge in [0.25, 0.3) is 0 Å². The molecule has 1 aliphatic rings. The largest absolute Gasteiger partial charge is 0.326 e. The van der Waals surface area contributed by atoms with Gasteiger partial charge < -0.3 is 5.32 Å². The molecule has 0 aromatic heterocycles. The van der Waals surface area contributed by atoms with E-state index in [0.29, 0.717) is 18.0 Å². The fourth-order valence-corrected chi connectivity index (χ4v) is 5.47. The first-order chi connectivity index (χ1) is 13.3. The van der Waals surface area contributed by atoms with Crippen LogP contribution in [0.4, 0.5) is 5.69 Å². The zero-order valence-corrected chi connectivity index (χ0v) is 17.7. The first kappa shape index (κ1) is 20.8. The van der Waals surface area contributed by atoms with Crippen LogP contribution in [0.1, 0.15) is 36.8 Å². The van der Waals surface area contributed by atoms with Crippen LogP contribution in [0, 0.1) is 13.8 Å². The van der Waals surface area contributed by atoms with Crippen LogP contribution < -0.4 is 5.32 Å². The van der Waals surface area contributed by atoms with Gasteiger partial charge in [-0.25, -0.2) is 8.42 Å². The third-order valence-electron chi connectivity index (χ3n) is 5.16. The molecule has 1 fully saturated rings. The Balaban J connectivity index is 1.78. The zero-order valence-electron chi connectivity index (χ0n) is 16.1. The predicted octanol–water partition coefficient (Wildman–Crippen LogP) is 4.53. The van der Waals surface area contributed by atoms with E-state index in [1.165, 1.54) is 16.4 Å². The molecular formula is C21H25ClN2O3S. The molecule has 1 saturated heterocycles. The molecule has 0 bridgehead atoms. The molecule has 0 aliphatic carbocycles. The summed E-state index contributed by atoms with van der Waals surface area (Å²) in [6.07, 6.45) is 2.52. The van der Waals surface area contributed by atoms with Crippen molar-refractivity contribution in [3.8, 4) is 0 Å². The Bertz CT molecular complexity index is 938. The molecule has 0 radical (unpaired) electrons. The number of carbonyl (C=O) groups excluding carboxylic acids is 1. The number of benzene rings is 2. The zero-order chi connectivity index (χ0) is 20.3. The summed E-state index contributed by atoms with van der Waals surface area (Å²) in [5.74, 6) is -0.166. The Morgan fingerprint density at radius 3 is 2.39 bits per heavy atom. The molecule has 28 heavy (non-hydrogen) atoms. The van der Waals surface area contributed by atoms with Crippen LogP contribution in [-0.4, -0.2) is 31.2 Å². The monoisotopic (exact) mass is 420 g/mol. The number of halogens is 1. The fourth-order valence-electron chi connectivity index (χ4n) is 3.65. The third kappa shape index (κ3) is 4.57. The number of sulfonamides is 1. The molecule has 1 heterocycles. The summed E-state index contributed by atoms with van der Waals surface area (Å²) in [6.45, 7) is 4.31. The topological polar surface area (TPSA) is 66.5 Å². The summed E-state index contributed by atoms with van der Waals surface area (Å²) >= 11 is 5.89. The van der Waals surface area contributed by atoms with E-state index >= 15 is 0 Å². The molecule has 0 spiro atoms. The van der Waals surface area contributed by atoms with E-state index in [-0.39, 0.29) is 23.3 Å². The van der Waals surface area contributed by atoms with Crippen LogP contribution >= 0.6 is 11.6 Å². The number of anilines is 1. The van der Waals surface area contributed by atoms with Crippen LogP contribution in [0.2, 0.25) is 5.02 Å². The van der Waals surface area contributed by atoms with Gasteiger partial charge in [0.15, 0.2) is 0 Å². The van der Waals surface area contributed by atoms with E-state index in [1.807, 2.05) is 32.0 Å². The highest BCUT2D eigenvalue weighted by Gasteiger charge is 2.34. The minimum atomic E-state index is -3.67. The molecule has 1 unspecified atom stereocenters. The van der Waals surface area contributed by atoms with Crippen LogP contribution in [0.5, 0.6) is 0 Å². The van der Waals surface area contributed by atoms with Crippen molar-refractivity contribution in [1.29, 1.82) is 0 Å². The Labute approximate surface area is 171 Å². The molecule has 1 amide bonds. The van der Waals surface area contributed by atoms with Gasteiger partial charge in [0.2, 0.25) is 15.9 Å². The fraction of sp³-hybridized carbons (Fsp3) is 0.381. The molecule has 150 valence electrons. The van der Waals surface area contributed by atoms with Crippen LogP contribution in [-0.2, 0) is 14.8 Å². The standard InChI is InChI=1S/C21H25ClN2O3S/c1-15-6-5-7-16(2)21(15)23-20(25)14-18-8-3-4-13-24(18)28(26,27)19-11-9-17(22)10-12-19/h5-7,9-12,18H,3-4,8,13-14H2,1-2H3,(H,23,25). The van der Waals surface area contributed by atoms with Crippen molar-refractivity contribution in [3.05, 3.63) is 58.6 Å². The van der Waals surface area contributed by atoms with Crippen LogP contribution in [0.3, 0.4) is 0 Å². The Morgan fingerprint density at radius 1 is 1.11 bits per heavy atom. The molecule has 5 nitrogen and oxygen atoms in total. The summed E-state index contributed by atoms with van der Waals surface area (Å²) in [4.78, 5) is 12.9. The molecule has 2 aromatic rings. The lowest BCUT2D eigenvalue weighted by Crippen LogP contribution is -2.45. The SMILES string of the molecule is Cc1cccc(C)c1NC(=O)CC1CCCCN1S(=O)(=O)c1ccc(Cl)cc1. The minimum absolute atomic E-state index is 0.139. The number of amides is 1. The normalized spacial score (nSPS) is 18.0. The van der Waals surface area contributed by atoms with Crippen molar-refractivity contribution in [1.82, 2.24) is 4.31 Å². The first-order valence-electron chi connectivity index (χ1n) is 9.42. The molecule has 1 atom stereocenters. The maximum Gasteiger partial charge on any atom is 0.243 e. The van der Waals surface area contributed by atoms with E-state index in [4.69, 9.17) is 11.6 Å². The second-order valence-corrected chi connectivity index (χ2v) is 9.57. The van der Waals surface area contributed by atoms with Crippen LogP contribution in [0.15, 0.2) is 47.4 Å². The number of aryl methyl sites for hydroxylation is 2. The van der Waals surface area contributed by atoms with Crippen molar-refractivity contribution in [2.24, 2.45) is 0 Å². The summed E-state index contributed by atoms with van der Waals surface area (Å²) in [7, 11) is -3.67. The van der Waals surface area contributed by atoms with E-state index in [2.05, 4.69) is 5.32 Å². The first-order valence-corrected chi connectivity index (χ1v) is 11.2. The van der Waals surface area contributed by atoms with Gasteiger partial charge in [-0.05, 0) is 62.1 Å². The van der Waals surface area contributed by atoms with Gasteiger partial charge in [0, 0.05) is 29.7 Å². The van der Waals surface area contributed by atoms with E-state index < -0.39 is 10.0 Å². The summed E-state index contributed by atoms with van der Waals surface area (Å²) in [6, 6.07) is 11.7.